The molecule has 2 aliphatic rings. The first-order valence-corrected chi connectivity index (χ1v) is 20.4. The van der Waals surface area contributed by atoms with E-state index < -0.39 is 24.3 Å². The number of fused-ring (bicyclic) bond motifs is 1. The van der Waals surface area contributed by atoms with E-state index in [0.29, 0.717) is 13.0 Å². The van der Waals surface area contributed by atoms with E-state index in [4.69, 9.17) is 14.2 Å². The van der Waals surface area contributed by atoms with E-state index in [9.17, 15) is 19.5 Å². The van der Waals surface area contributed by atoms with Crippen LogP contribution in [0.2, 0.25) is 0 Å². The fourth-order valence-corrected chi connectivity index (χ4v) is 8.03. The van der Waals surface area contributed by atoms with Gasteiger partial charge in [-0.15, -0.1) is 0 Å². The lowest BCUT2D eigenvalue weighted by Gasteiger charge is -2.39. The van der Waals surface area contributed by atoms with E-state index in [2.05, 4.69) is 66.7 Å². The number of alkyl carbamates (subject to hydrolysis) is 1. The molecule has 2 aliphatic heterocycles. The van der Waals surface area contributed by atoms with Crippen molar-refractivity contribution in [1.82, 2.24) is 15.1 Å². The smallest absolute Gasteiger partial charge is 0.408 e. The lowest BCUT2D eigenvalue weighted by atomic mass is 9.97. The van der Waals surface area contributed by atoms with Crippen LogP contribution in [0.3, 0.4) is 0 Å². The molecular formula is C50H49N3O7. The van der Waals surface area contributed by atoms with Crippen molar-refractivity contribution in [3.63, 3.8) is 0 Å². The van der Waals surface area contributed by atoms with Gasteiger partial charge in [-0.3, -0.25) is 19.4 Å². The zero-order valence-electron chi connectivity index (χ0n) is 33.8. The first-order chi connectivity index (χ1) is 29.2. The van der Waals surface area contributed by atoms with Gasteiger partial charge in [-0.1, -0.05) is 140 Å². The van der Waals surface area contributed by atoms with Crippen LogP contribution < -0.4 is 5.32 Å². The van der Waals surface area contributed by atoms with Gasteiger partial charge in [-0.2, -0.15) is 0 Å². The molecule has 1 unspecified atom stereocenters. The van der Waals surface area contributed by atoms with Crippen molar-refractivity contribution in [3.05, 3.63) is 179 Å². The first kappa shape index (κ1) is 40.6. The minimum atomic E-state index is -0.996. The molecule has 6 aromatic carbocycles. The Morgan fingerprint density at radius 1 is 0.817 bits per heavy atom. The predicted octanol–water partition coefficient (Wildman–Crippen LogP) is 8.79. The Hall–Kier alpha value is -6.17. The highest BCUT2D eigenvalue weighted by Crippen LogP contribution is 2.39. The van der Waals surface area contributed by atoms with Gasteiger partial charge >= 0.3 is 6.09 Å². The molecule has 6 aromatic rings. The normalized spacial score (nSPS) is 19.8. The zero-order chi connectivity index (χ0) is 41.6. The molecule has 0 saturated carbocycles. The second-order valence-electron chi connectivity index (χ2n) is 15.6. The Balaban J connectivity index is 0.959. The maximum Gasteiger partial charge on any atom is 0.408 e. The number of carbonyl (C=O) groups excluding carboxylic acids is 3. The van der Waals surface area contributed by atoms with Crippen LogP contribution in [0.4, 0.5) is 4.79 Å². The van der Waals surface area contributed by atoms with E-state index in [0.717, 1.165) is 38.9 Å². The number of benzene rings is 6. The van der Waals surface area contributed by atoms with Gasteiger partial charge in [0.05, 0.1) is 31.8 Å². The van der Waals surface area contributed by atoms with E-state index in [-0.39, 0.29) is 50.3 Å². The second kappa shape index (κ2) is 18.4. The summed E-state index contributed by atoms with van der Waals surface area (Å²) in [4.78, 5) is 42.6. The minimum Gasteiger partial charge on any atom is -0.445 e. The molecule has 0 aromatic heterocycles. The number of aliphatic hydroxyl groups is 1. The highest BCUT2D eigenvalue weighted by atomic mass is 16.7. The summed E-state index contributed by atoms with van der Waals surface area (Å²) in [6.45, 7) is 2.99. The van der Waals surface area contributed by atoms with Crippen molar-refractivity contribution < 1.29 is 33.7 Å². The van der Waals surface area contributed by atoms with Gasteiger partial charge in [0.1, 0.15) is 12.6 Å². The number of nitrogens with one attached hydrogen (secondary N) is 1. The number of amides is 3. The molecule has 10 nitrogen and oxygen atoms in total. The molecule has 3 amide bonds. The standard InChI is InChI=1S/C50H49N3O7/c1-33(40-25-20-36-12-6-7-13-41(36)26-40)52(2)30-43-27-46(38-18-16-34(31-54)17-19-38)60-49(59-43)39-23-21-37(22-24-39)44-15-9-8-14-42(44)29-53-47(55)28-45(48(53)56)51-50(57)58-32-35-10-4-3-5-11-35/h3-26,33,43,45-46,49,54H,27-32H2,1-2H3,(H,51,57)/t33-,43-,45?,46+,49+/m1/s1. The summed E-state index contributed by atoms with van der Waals surface area (Å²) in [5.41, 5.74) is 7.34. The molecule has 0 bridgehead atoms. The van der Waals surface area contributed by atoms with Gasteiger partial charge < -0.3 is 24.6 Å². The number of hydrogen-bond donors (Lipinski definition) is 2. The lowest BCUT2D eigenvalue weighted by molar-refractivity contribution is -0.253. The van der Waals surface area contributed by atoms with Crippen LogP contribution in [-0.4, -0.2) is 58.6 Å². The lowest BCUT2D eigenvalue weighted by Crippen LogP contribution is -2.41. The molecule has 10 heteroatoms. The van der Waals surface area contributed by atoms with E-state index in [1.165, 1.54) is 21.2 Å². The predicted molar refractivity (Wildman–Crippen MR) is 229 cm³/mol. The third-order valence-corrected chi connectivity index (χ3v) is 11.6. The Kier molecular flexibility index (Phi) is 12.4. The number of aliphatic hydroxyl groups excluding tert-OH is 1. The minimum absolute atomic E-state index is 0.0263. The van der Waals surface area contributed by atoms with Crippen LogP contribution in [0.1, 0.15) is 71.6 Å². The third kappa shape index (κ3) is 9.33. The number of ether oxygens (including phenoxy) is 3. The Morgan fingerprint density at radius 3 is 2.28 bits per heavy atom. The molecule has 60 heavy (non-hydrogen) atoms. The van der Waals surface area contributed by atoms with Crippen LogP contribution in [0.15, 0.2) is 146 Å². The monoisotopic (exact) mass is 803 g/mol. The highest BCUT2D eigenvalue weighted by molar-refractivity contribution is 6.06. The largest absolute Gasteiger partial charge is 0.445 e. The van der Waals surface area contributed by atoms with Gasteiger partial charge in [0.2, 0.25) is 5.91 Å². The molecule has 2 N–H and O–H groups in total. The first-order valence-electron chi connectivity index (χ1n) is 20.4. The molecule has 0 aliphatic carbocycles. The number of likely N-dealkylation sites (tertiary alicyclic amines) is 1. The van der Waals surface area contributed by atoms with Crippen LogP contribution in [-0.2, 0) is 43.6 Å². The molecule has 306 valence electrons. The summed E-state index contributed by atoms with van der Waals surface area (Å²) >= 11 is 0. The maximum atomic E-state index is 13.4. The van der Waals surface area contributed by atoms with Crippen molar-refractivity contribution in [2.45, 2.75) is 70.1 Å². The molecule has 5 atom stereocenters. The summed E-state index contributed by atoms with van der Waals surface area (Å²) in [6, 6.07) is 47.0. The Morgan fingerprint density at radius 2 is 1.52 bits per heavy atom. The van der Waals surface area contributed by atoms with Gasteiger partial charge in [-0.05, 0) is 69.8 Å². The van der Waals surface area contributed by atoms with E-state index in [1.54, 1.807) is 0 Å². The van der Waals surface area contributed by atoms with Crippen molar-refractivity contribution in [3.8, 4) is 11.1 Å². The molecule has 2 fully saturated rings. The van der Waals surface area contributed by atoms with Crippen LogP contribution in [0.5, 0.6) is 0 Å². The fraction of sp³-hybridized carbons (Fsp3) is 0.260. The van der Waals surface area contributed by atoms with Crippen molar-refractivity contribution in [2.24, 2.45) is 0 Å². The average molecular weight is 804 g/mol. The number of carbonyl (C=O) groups is 3. The fourth-order valence-electron chi connectivity index (χ4n) is 8.03. The van der Waals surface area contributed by atoms with Gasteiger partial charge in [0, 0.05) is 24.6 Å². The summed E-state index contributed by atoms with van der Waals surface area (Å²) < 4.78 is 18.7. The Bertz CT molecular complexity index is 2440. The van der Waals surface area contributed by atoms with Gasteiger partial charge in [-0.25, -0.2) is 4.79 Å². The molecule has 8 rings (SSSR count). The van der Waals surface area contributed by atoms with Crippen molar-refractivity contribution in [1.29, 1.82) is 0 Å². The summed E-state index contributed by atoms with van der Waals surface area (Å²) in [5, 5.41) is 14.7. The molecule has 0 radical (unpaired) electrons. The average Bonchev–Trinajstić information content (AvgIpc) is 3.55. The summed E-state index contributed by atoms with van der Waals surface area (Å²) in [7, 11) is 2.13. The number of imide groups is 1. The van der Waals surface area contributed by atoms with E-state index >= 15 is 0 Å². The molecule has 2 saturated heterocycles. The zero-order valence-corrected chi connectivity index (χ0v) is 33.8. The SMILES string of the molecule is C[C@H](c1ccc2ccccc2c1)N(C)C[C@H]1C[C@@H](c2ccc(CO)cc2)O[C@@H](c2ccc(-c3ccccc3CN3C(=O)CC(NC(=O)OCc4ccccc4)C3=O)cc2)O1. The van der Waals surface area contributed by atoms with Gasteiger partial charge in [0.25, 0.3) is 5.91 Å². The topological polar surface area (TPSA) is 118 Å². The highest BCUT2D eigenvalue weighted by Gasteiger charge is 2.40. The van der Waals surface area contributed by atoms with Crippen LogP contribution >= 0.6 is 0 Å². The number of rotatable bonds is 13. The second-order valence-corrected chi connectivity index (χ2v) is 15.6. The van der Waals surface area contributed by atoms with Gasteiger partial charge in [0.15, 0.2) is 6.29 Å². The molecular weight excluding hydrogens is 755 g/mol. The summed E-state index contributed by atoms with van der Waals surface area (Å²) in [6.07, 6.45) is -1.23. The molecule has 0 spiro atoms. The quantitative estimate of drug-likeness (QED) is 0.111. The van der Waals surface area contributed by atoms with E-state index in [1.807, 2.05) is 103 Å². The number of nitrogens with zero attached hydrogens (tertiary/aromatic N) is 2. The van der Waals surface area contributed by atoms with Crippen molar-refractivity contribution >= 4 is 28.7 Å². The maximum absolute atomic E-state index is 13.4. The van der Waals surface area contributed by atoms with Crippen molar-refractivity contribution in [2.75, 3.05) is 13.6 Å². The summed E-state index contributed by atoms with van der Waals surface area (Å²) in [5.74, 6) is -0.835. The Labute approximate surface area is 350 Å². The number of hydrogen-bond acceptors (Lipinski definition) is 8. The third-order valence-electron chi connectivity index (χ3n) is 11.6. The molecule has 2 heterocycles. The number of likely N-dealkylation sites (N-methyl/N-ethyl adjacent to an activating group) is 1. The van der Waals surface area contributed by atoms with Crippen LogP contribution in [0.25, 0.3) is 21.9 Å². The van der Waals surface area contributed by atoms with Crippen LogP contribution in [0, 0.1) is 0 Å².